The molecular formula is C13H19N3O3. The van der Waals surface area contributed by atoms with Gasteiger partial charge < -0.3 is 10.0 Å². The Morgan fingerprint density at radius 3 is 3.00 bits per heavy atom. The summed E-state index contributed by atoms with van der Waals surface area (Å²) in [7, 11) is 0. The van der Waals surface area contributed by atoms with E-state index in [2.05, 4.69) is 9.88 Å². The zero-order chi connectivity index (χ0) is 13.8. The van der Waals surface area contributed by atoms with E-state index in [9.17, 15) is 10.1 Å². The number of aliphatic hydroxyl groups excluding tert-OH is 1. The normalized spacial score (nSPS) is 18.8. The van der Waals surface area contributed by atoms with Crippen LogP contribution in [0.1, 0.15) is 31.4 Å². The SMILES string of the molecule is Cc1nc(N2CCCC2CCCO)ccc1[N+](=O)[O-]. The van der Waals surface area contributed by atoms with Crippen LogP contribution < -0.4 is 4.90 Å². The number of aromatic nitrogens is 1. The van der Waals surface area contributed by atoms with Gasteiger partial charge in [-0.25, -0.2) is 4.98 Å². The summed E-state index contributed by atoms with van der Waals surface area (Å²) in [5.74, 6) is 0.809. The predicted octanol–water partition coefficient (Wildman–Crippen LogP) is 2.04. The van der Waals surface area contributed by atoms with Gasteiger partial charge in [0.15, 0.2) is 0 Å². The molecule has 0 spiro atoms. The molecule has 0 saturated carbocycles. The maximum Gasteiger partial charge on any atom is 0.290 e. The first kappa shape index (κ1) is 13.7. The highest BCUT2D eigenvalue weighted by molar-refractivity contribution is 5.48. The first-order valence-corrected chi connectivity index (χ1v) is 6.63. The van der Waals surface area contributed by atoms with Crippen LogP contribution in [0, 0.1) is 17.0 Å². The van der Waals surface area contributed by atoms with Gasteiger partial charge in [-0.15, -0.1) is 0 Å². The van der Waals surface area contributed by atoms with Gasteiger partial charge in [0.1, 0.15) is 11.5 Å². The van der Waals surface area contributed by atoms with E-state index in [1.54, 1.807) is 13.0 Å². The Morgan fingerprint density at radius 1 is 1.58 bits per heavy atom. The molecule has 1 fully saturated rings. The number of hydrogen-bond donors (Lipinski definition) is 1. The summed E-state index contributed by atoms with van der Waals surface area (Å²) >= 11 is 0. The molecule has 1 aliphatic heterocycles. The smallest absolute Gasteiger partial charge is 0.290 e. The van der Waals surface area contributed by atoms with Crippen LogP contribution in [-0.4, -0.2) is 34.2 Å². The molecule has 1 aliphatic rings. The molecule has 0 amide bonds. The van der Waals surface area contributed by atoms with E-state index >= 15 is 0 Å². The van der Waals surface area contributed by atoms with E-state index < -0.39 is 4.92 Å². The van der Waals surface area contributed by atoms with Crippen molar-refractivity contribution >= 4 is 11.5 Å². The molecule has 0 aliphatic carbocycles. The van der Waals surface area contributed by atoms with E-state index in [0.717, 1.165) is 38.0 Å². The number of rotatable bonds is 5. The van der Waals surface area contributed by atoms with Crippen LogP contribution in [0.4, 0.5) is 11.5 Å². The van der Waals surface area contributed by atoms with Gasteiger partial charge in [0.05, 0.1) is 4.92 Å². The first-order chi connectivity index (χ1) is 9.13. The summed E-state index contributed by atoms with van der Waals surface area (Å²) in [6, 6.07) is 3.64. The Balaban J connectivity index is 2.16. The highest BCUT2D eigenvalue weighted by Gasteiger charge is 2.26. The fourth-order valence-electron chi connectivity index (χ4n) is 2.66. The second-order valence-electron chi connectivity index (χ2n) is 4.89. The van der Waals surface area contributed by atoms with E-state index in [1.165, 1.54) is 6.07 Å². The van der Waals surface area contributed by atoms with Crippen LogP contribution >= 0.6 is 0 Å². The number of aliphatic hydroxyl groups is 1. The summed E-state index contributed by atoms with van der Waals surface area (Å²) in [4.78, 5) is 16.9. The topological polar surface area (TPSA) is 79.5 Å². The van der Waals surface area contributed by atoms with Crippen LogP contribution in [0.3, 0.4) is 0 Å². The van der Waals surface area contributed by atoms with Gasteiger partial charge in [0.2, 0.25) is 0 Å². The zero-order valence-corrected chi connectivity index (χ0v) is 11.1. The van der Waals surface area contributed by atoms with E-state index in [1.807, 2.05) is 0 Å². The molecule has 2 heterocycles. The van der Waals surface area contributed by atoms with Crippen molar-refractivity contribution in [3.63, 3.8) is 0 Å². The average Bonchev–Trinajstić information content (AvgIpc) is 2.83. The Morgan fingerprint density at radius 2 is 2.37 bits per heavy atom. The van der Waals surface area contributed by atoms with Gasteiger partial charge in [0.25, 0.3) is 5.69 Å². The van der Waals surface area contributed by atoms with Crippen molar-refractivity contribution in [3.05, 3.63) is 27.9 Å². The lowest BCUT2D eigenvalue weighted by molar-refractivity contribution is -0.385. The van der Waals surface area contributed by atoms with Gasteiger partial charge >= 0.3 is 0 Å². The van der Waals surface area contributed by atoms with Crippen LogP contribution in [-0.2, 0) is 0 Å². The highest BCUT2D eigenvalue weighted by atomic mass is 16.6. The van der Waals surface area contributed by atoms with Gasteiger partial charge in [-0.3, -0.25) is 10.1 Å². The number of pyridine rings is 1. The highest BCUT2D eigenvalue weighted by Crippen LogP contribution is 2.28. The van der Waals surface area contributed by atoms with Crippen molar-refractivity contribution in [2.45, 2.75) is 38.6 Å². The molecule has 6 heteroatoms. The number of nitrogens with zero attached hydrogens (tertiary/aromatic N) is 3. The molecule has 0 bridgehead atoms. The Bertz CT molecular complexity index is 464. The third kappa shape index (κ3) is 3.01. The molecule has 1 saturated heterocycles. The van der Waals surface area contributed by atoms with E-state index in [0.29, 0.717) is 11.7 Å². The monoisotopic (exact) mass is 265 g/mol. The van der Waals surface area contributed by atoms with Gasteiger partial charge in [-0.05, 0) is 38.7 Å². The van der Waals surface area contributed by atoms with E-state index in [-0.39, 0.29) is 12.3 Å². The summed E-state index contributed by atoms with van der Waals surface area (Å²) in [6.45, 7) is 2.80. The molecule has 1 aromatic rings. The predicted molar refractivity (Wildman–Crippen MR) is 72.3 cm³/mol. The Hall–Kier alpha value is -1.69. The van der Waals surface area contributed by atoms with Crippen molar-refractivity contribution in [1.29, 1.82) is 0 Å². The van der Waals surface area contributed by atoms with Crippen LogP contribution in [0.2, 0.25) is 0 Å². The molecule has 0 radical (unpaired) electrons. The lowest BCUT2D eigenvalue weighted by Gasteiger charge is -2.25. The van der Waals surface area contributed by atoms with Crippen molar-refractivity contribution in [3.8, 4) is 0 Å². The number of nitro groups is 1. The number of hydrogen-bond acceptors (Lipinski definition) is 5. The minimum atomic E-state index is -0.403. The number of anilines is 1. The lowest BCUT2D eigenvalue weighted by Crippen LogP contribution is -2.30. The van der Waals surface area contributed by atoms with E-state index in [4.69, 9.17) is 5.11 Å². The summed E-state index contributed by atoms with van der Waals surface area (Å²) in [6.07, 6.45) is 3.92. The Kier molecular flexibility index (Phi) is 4.31. The standard InChI is InChI=1S/C13H19N3O3/c1-10-12(16(18)19)6-7-13(14-10)15-8-2-4-11(15)5-3-9-17/h6-7,11,17H,2-5,8-9H2,1H3. The molecule has 1 N–H and O–H groups in total. The van der Waals surface area contributed by atoms with Crippen LogP contribution in [0.5, 0.6) is 0 Å². The molecule has 1 aromatic heterocycles. The maximum absolute atomic E-state index is 10.8. The van der Waals surface area contributed by atoms with Gasteiger partial charge in [-0.1, -0.05) is 0 Å². The lowest BCUT2D eigenvalue weighted by atomic mass is 10.1. The summed E-state index contributed by atoms with van der Waals surface area (Å²) in [5, 5.41) is 19.7. The first-order valence-electron chi connectivity index (χ1n) is 6.63. The molecule has 0 aromatic carbocycles. The quantitative estimate of drug-likeness (QED) is 0.651. The maximum atomic E-state index is 10.8. The second-order valence-corrected chi connectivity index (χ2v) is 4.89. The zero-order valence-electron chi connectivity index (χ0n) is 11.1. The number of aryl methyl sites for hydroxylation is 1. The van der Waals surface area contributed by atoms with Crippen molar-refractivity contribution in [2.24, 2.45) is 0 Å². The third-order valence-corrected chi connectivity index (χ3v) is 3.61. The molecule has 104 valence electrons. The van der Waals surface area contributed by atoms with Crippen molar-refractivity contribution < 1.29 is 10.0 Å². The fraction of sp³-hybridized carbons (Fsp3) is 0.615. The minimum absolute atomic E-state index is 0.0647. The van der Waals surface area contributed by atoms with Crippen LogP contribution in [0.15, 0.2) is 12.1 Å². The fourth-order valence-corrected chi connectivity index (χ4v) is 2.66. The molecule has 6 nitrogen and oxygen atoms in total. The molecule has 1 unspecified atom stereocenters. The summed E-state index contributed by atoms with van der Waals surface area (Å²) < 4.78 is 0. The van der Waals surface area contributed by atoms with Crippen molar-refractivity contribution in [2.75, 3.05) is 18.1 Å². The van der Waals surface area contributed by atoms with Gasteiger partial charge in [-0.2, -0.15) is 0 Å². The molecular weight excluding hydrogens is 246 g/mol. The second kappa shape index (κ2) is 5.97. The largest absolute Gasteiger partial charge is 0.396 e. The third-order valence-electron chi connectivity index (χ3n) is 3.61. The Labute approximate surface area is 112 Å². The molecule has 1 atom stereocenters. The average molecular weight is 265 g/mol. The minimum Gasteiger partial charge on any atom is -0.396 e. The van der Waals surface area contributed by atoms with Gasteiger partial charge in [0, 0.05) is 25.3 Å². The summed E-state index contributed by atoms with van der Waals surface area (Å²) in [5.41, 5.74) is 0.519. The van der Waals surface area contributed by atoms with Crippen LogP contribution in [0.25, 0.3) is 0 Å². The molecule has 2 rings (SSSR count). The van der Waals surface area contributed by atoms with Crippen molar-refractivity contribution in [1.82, 2.24) is 4.98 Å². The molecule has 19 heavy (non-hydrogen) atoms.